The molecule has 1 aliphatic rings. The Balaban J connectivity index is 2.21. The van der Waals surface area contributed by atoms with E-state index in [2.05, 4.69) is 0 Å². The molecule has 122 valence electrons. The summed E-state index contributed by atoms with van der Waals surface area (Å²) in [6, 6.07) is 7.58. The number of ether oxygens (including phenoxy) is 3. The zero-order valence-corrected chi connectivity index (χ0v) is 13.8. The Kier molecular flexibility index (Phi) is 5.56. The molecule has 2 rings (SSSR count). The zero-order chi connectivity index (χ0) is 16.2. The highest BCUT2D eigenvalue weighted by molar-refractivity contribution is 5.95. The highest BCUT2D eigenvalue weighted by Gasteiger charge is 2.36. The lowest BCUT2D eigenvalue weighted by molar-refractivity contribution is -0.143. The molecule has 0 unspecified atom stereocenters. The van der Waals surface area contributed by atoms with Crippen molar-refractivity contribution in [2.75, 3.05) is 33.9 Å². The molecule has 0 saturated carbocycles. The molecule has 1 fully saturated rings. The molecule has 0 aromatic heterocycles. The lowest BCUT2D eigenvalue weighted by atomic mass is 10.0. The quantitative estimate of drug-likeness (QED) is 0.836. The van der Waals surface area contributed by atoms with E-state index in [1.54, 1.807) is 14.2 Å². The number of hydrogen-bond donors (Lipinski definition) is 0. The SMILES string of the molecule is COCc1ccccc1C(=O)N1C[C@H](COC)OC(C)(C)C1. The first-order valence-electron chi connectivity index (χ1n) is 7.49. The average molecular weight is 307 g/mol. The lowest BCUT2D eigenvalue weighted by Gasteiger charge is -2.42. The predicted octanol–water partition coefficient (Wildman–Crippen LogP) is 2.10. The minimum Gasteiger partial charge on any atom is -0.382 e. The van der Waals surface area contributed by atoms with Gasteiger partial charge in [0.25, 0.3) is 5.91 Å². The standard InChI is InChI=1S/C17H25NO4/c1-17(2)12-18(9-14(22-17)11-21-4)16(19)15-8-6-5-7-13(15)10-20-3/h5-8,14H,9-12H2,1-4H3/t14-/m1/s1. The van der Waals surface area contributed by atoms with Crippen molar-refractivity contribution < 1.29 is 19.0 Å². The van der Waals surface area contributed by atoms with Crippen molar-refractivity contribution in [3.63, 3.8) is 0 Å². The molecule has 1 atom stereocenters. The second kappa shape index (κ2) is 7.22. The van der Waals surface area contributed by atoms with Gasteiger partial charge in [0.1, 0.15) is 0 Å². The fourth-order valence-electron chi connectivity index (χ4n) is 2.90. The van der Waals surface area contributed by atoms with E-state index in [1.807, 2.05) is 43.0 Å². The number of amides is 1. The molecule has 0 spiro atoms. The number of benzene rings is 1. The number of carbonyl (C=O) groups excluding carboxylic acids is 1. The first-order valence-corrected chi connectivity index (χ1v) is 7.49. The topological polar surface area (TPSA) is 48.0 Å². The summed E-state index contributed by atoms with van der Waals surface area (Å²) in [5, 5.41) is 0. The van der Waals surface area contributed by atoms with Gasteiger partial charge in [-0.2, -0.15) is 0 Å². The molecule has 0 radical (unpaired) electrons. The third-order valence-corrected chi connectivity index (χ3v) is 3.67. The molecule has 1 aromatic rings. The Hall–Kier alpha value is -1.43. The Morgan fingerprint density at radius 1 is 1.32 bits per heavy atom. The monoisotopic (exact) mass is 307 g/mol. The van der Waals surface area contributed by atoms with Crippen molar-refractivity contribution in [2.45, 2.75) is 32.2 Å². The molecular weight excluding hydrogens is 282 g/mol. The van der Waals surface area contributed by atoms with Gasteiger partial charge in [0.15, 0.2) is 0 Å². The molecular formula is C17H25NO4. The van der Waals surface area contributed by atoms with E-state index in [0.29, 0.717) is 31.9 Å². The fourth-order valence-corrected chi connectivity index (χ4v) is 2.90. The summed E-state index contributed by atoms with van der Waals surface area (Å²) in [7, 11) is 3.28. The predicted molar refractivity (Wildman–Crippen MR) is 83.9 cm³/mol. The number of hydrogen-bond acceptors (Lipinski definition) is 4. The van der Waals surface area contributed by atoms with Crippen LogP contribution in [-0.2, 0) is 20.8 Å². The highest BCUT2D eigenvalue weighted by atomic mass is 16.5. The van der Waals surface area contributed by atoms with Gasteiger partial charge < -0.3 is 19.1 Å². The summed E-state index contributed by atoms with van der Waals surface area (Å²) in [5.74, 6) is 0.0186. The van der Waals surface area contributed by atoms with Gasteiger partial charge in [-0.1, -0.05) is 18.2 Å². The van der Waals surface area contributed by atoms with Crippen LogP contribution in [0.15, 0.2) is 24.3 Å². The Morgan fingerprint density at radius 3 is 2.73 bits per heavy atom. The molecule has 0 aliphatic carbocycles. The molecule has 5 nitrogen and oxygen atoms in total. The van der Waals surface area contributed by atoms with Gasteiger partial charge in [-0.3, -0.25) is 4.79 Å². The van der Waals surface area contributed by atoms with Crippen molar-refractivity contribution in [1.29, 1.82) is 0 Å². The van der Waals surface area contributed by atoms with E-state index in [1.165, 1.54) is 0 Å². The molecule has 0 bridgehead atoms. The summed E-state index contributed by atoms with van der Waals surface area (Å²) in [4.78, 5) is 14.8. The molecule has 22 heavy (non-hydrogen) atoms. The smallest absolute Gasteiger partial charge is 0.254 e. The van der Waals surface area contributed by atoms with Crippen LogP contribution in [0.5, 0.6) is 0 Å². The van der Waals surface area contributed by atoms with Crippen molar-refractivity contribution in [2.24, 2.45) is 0 Å². The van der Waals surface area contributed by atoms with E-state index >= 15 is 0 Å². The van der Waals surface area contributed by atoms with Crippen LogP contribution in [0.3, 0.4) is 0 Å². The molecule has 1 heterocycles. The van der Waals surface area contributed by atoms with E-state index in [0.717, 1.165) is 5.56 Å². The summed E-state index contributed by atoms with van der Waals surface area (Å²) >= 11 is 0. The number of carbonyl (C=O) groups is 1. The van der Waals surface area contributed by atoms with Crippen molar-refractivity contribution in [1.82, 2.24) is 4.90 Å². The molecule has 1 aliphatic heterocycles. The summed E-state index contributed by atoms with van der Waals surface area (Å²) in [5.41, 5.74) is 1.22. The molecule has 0 N–H and O–H groups in total. The maximum Gasteiger partial charge on any atom is 0.254 e. The van der Waals surface area contributed by atoms with E-state index < -0.39 is 0 Å². The molecule has 1 saturated heterocycles. The maximum atomic E-state index is 12.9. The van der Waals surface area contributed by atoms with E-state index in [9.17, 15) is 4.79 Å². The third-order valence-electron chi connectivity index (χ3n) is 3.67. The van der Waals surface area contributed by atoms with Crippen LogP contribution in [0.2, 0.25) is 0 Å². The van der Waals surface area contributed by atoms with Crippen LogP contribution >= 0.6 is 0 Å². The van der Waals surface area contributed by atoms with Gasteiger partial charge in [0.2, 0.25) is 0 Å². The van der Waals surface area contributed by atoms with Gasteiger partial charge in [-0.05, 0) is 25.5 Å². The van der Waals surface area contributed by atoms with Crippen molar-refractivity contribution >= 4 is 5.91 Å². The van der Waals surface area contributed by atoms with Gasteiger partial charge in [0, 0.05) is 32.9 Å². The van der Waals surface area contributed by atoms with Crippen LogP contribution in [0.25, 0.3) is 0 Å². The molecule has 1 amide bonds. The fraction of sp³-hybridized carbons (Fsp3) is 0.588. The normalized spacial score (nSPS) is 20.9. The first kappa shape index (κ1) is 16.9. The van der Waals surface area contributed by atoms with Crippen LogP contribution in [-0.4, -0.2) is 56.4 Å². The van der Waals surface area contributed by atoms with Crippen LogP contribution in [0, 0.1) is 0 Å². The summed E-state index contributed by atoms with van der Waals surface area (Å²) in [6.45, 7) is 6.00. The van der Waals surface area contributed by atoms with E-state index in [4.69, 9.17) is 14.2 Å². The highest BCUT2D eigenvalue weighted by Crippen LogP contribution is 2.24. The Morgan fingerprint density at radius 2 is 2.05 bits per heavy atom. The average Bonchev–Trinajstić information content (AvgIpc) is 2.46. The zero-order valence-electron chi connectivity index (χ0n) is 13.8. The molecule has 5 heteroatoms. The van der Waals surface area contributed by atoms with Gasteiger partial charge in [-0.15, -0.1) is 0 Å². The largest absolute Gasteiger partial charge is 0.382 e. The van der Waals surface area contributed by atoms with Crippen LogP contribution in [0.4, 0.5) is 0 Å². The minimum absolute atomic E-state index is 0.0186. The number of methoxy groups -OCH3 is 2. The summed E-state index contributed by atoms with van der Waals surface area (Å²) < 4.78 is 16.3. The Bertz CT molecular complexity index is 515. The van der Waals surface area contributed by atoms with Crippen molar-refractivity contribution in [3.8, 4) is 0 Å². The second-order valence-corrected chi connectivity index (χ2v) is 6.23. The van der Waals surface area contributed by atoms with Gasteiger partial charge >= 0.3 is 0 Å². The third kappa shape index (κ3) is 4.06. The second-order valence-electron chi connectivity index (χ2n) is 6.23. The maximum absolute atomic E-state index is 12.9. The number of rotatable bonds is 5. The first-order chi connectivity index (χ1) is 10.5. The molecule has 1 aromatic carbocycles. The number of nitrogens with zero attached hydrogens (tertiary/aromatic N) is 1. The lowest BCUT2D eigenvalue weighted by Crippen LogP contribution is -2.55. The van der Waals surface area contributed by atoms with Gasteiger partial charge in [-0.25, -0.2) is 0 Å². The van der Waals surface area contributed by atoms with E-state index in [-0.39, 0.29) is 17.6 Å². The summed E-state index contributed by atoms with van der Waals surface area (Å²) in [6.07, 6.45) is -0.104. The minimum atomic E-state index is -0.382. The van der Waals surface area contributed by atoms with Crippen LogP contribution < -0.4 is 0 Å². The van der Waals surface area contributed by atoms with Gasteiger partial charge in [0.05, 0.1) is 24.9 Å². The Labute approximate surface area is 132 Å². The number of morpholine rings is 1. The van der Waals surface area contributed by atoms with Crippen molar-refractivity contribution in [3.05, 3.63) is 35.4 Å². The van der Waals surface area contributed by atoms with Crippen LogP contribution in [0.1, 0.15) is 29.8 Å².